The number of nitrogens with one attached hydrogen (secondary N) is 1. The highest BCUT2D eigenvalue weighted by Gasteiger charge is 2.79. The first-order valence-electron chi connectivity index (χ1n) is 24.7. The molecule has 0 spiro atoms. The van der Waals surface area contributed by atoms with Gasteiger partial charge in [0, 0.05) is 59.4 Å². The predicted octanol–water partition coefficient (Wildman–Crippen LogP) is 4.09. The van der Waals surface area contributed by atoms with E-state index in [0.29, 0.717) is 128 Å². The van der Waals surface area contributed by atoms with Crippen molar-refractivity contribution in [1.29, 1.82) is 0 Å². The number of amides is 5. The standard InChI is InChI=1S/C47H72N8O12S/c1-42-18-16-31(25-45(42,48)20-21-46(49)33(42)24-35(57)43(2)32(17-19-47(43,46)52-63)29-23-40(61)67-26-29)66-27-39(60)53(50)22-10-4-5-11-30(56)12-6-8-14-37(58)54-34-28-68-36(44(34,3)51-41(54)62)13-7-9-15-38(59)55(64)65/h23,31-36,57H,4-22,24-28,48-50H2,1-3H3,(H,51,62)/t31-,32+,33?,34?,35+,36-,42+,43-,44?,45-,46-,47+/m0/s1. The molecule has 4 saturated carbocycles. The number of nitroso groups, excluding NO2 is 1. The van der Waals surface area contributed by atoms with Gasteiger partial charge in [-0.2, -0.15) is 16.7 Å². The highest BCUT2D eigenvalue weighted by molar-refractivity contribution is 8.00. The van der Waals surface area contributed by atoms with Crippen molar-refractivity contribution in [3.63, 3.8) is 0 Å². The molecule has 2 saturated heterocycles. The number of hydrazine groups is 1. The maximum atomic E-state index is 13.2. The van der Waals surface area contributed by atoms with Crippen LogP contribution in [-0.2, 0) is 33.4 Å². The molecule has 3 unspecified atom stereocenters. The molecule has 0 aromatic carbocycles. The Morgan fingerprint density at radius 2 is 1.71 bits per heavy atom. The zero-order chi connectivity index (χ0) is 49.5. The molecule has 7 rings (SSSR count). The van der Waals surface area contributed by atoms with Gasteiger partial charge >= 0.3 is 17.9 Å². The van der Waals surface area contributed by atoms with E-state index in [2.05, 4.69) is 17.4 Å². The number of urea groups is 1. The topological polar surface area (TPSA) is 310 Å². The van der Waals surface area contributed by atoms with Gasteiger partial charge < -0.3 is 31.4 Å². The number of imide groups is 1. The van der Waals surface area contributed by atoms with Gasteiger partial charge in [-0.15, -0.1) is 0 Å². The number of hydrogen-bond acceptors (Lipinski definition) is 17. The van der Waals surface area contributed by atoms with Gasteiger partial charge in [-0.3, -0.25) is 34.4 Å². The minimum atomic E-state index is -1.27. The summed E-state index contributed by atoms with van der Waals surface area (Å²) in [4.78, 5) is 99.3. The third kappa shape index (κ3) is 9.05. The van der Waals surface area contributed by atoms with Crippen LogP contribution in [0.2, 0.25) is 0 Å². The van der Waals surface area contributed by atoms with Gasteiger partial charge in [-0.1, -0.05) is 31.9 Å². The fourth-order valence-corrected chi connectivity index (χ4v) is 15.9. The lowest BCUT2D eigenvalue weighted by Gasteiger charge is -2.71. The number of carbonyl (C=O) groups excluding carboxylic acids is 6. The molecule has 0 aromatic heterocycles. The molecule has 3 heterocycles. The van der Waals surface area contributed by atoms with Crippen molar-refractivity contribution in [2.75, 3.05) is 25.5 Å². The van der Waals surface area contributed by atoms with Crippen molar-refractivity contribution >= 4 is 47.3 Å². The van der Waals surface area contributed by atoms with Crippen LogP contribution in [0.25, 0.3) is 0 Å². The van der Waals surface area contributed by atoms with E-state index < -0.39 is 61.9 Å². The summed E-state index contributed by atoms with van der Waals surface area (Å²) in [6, 6.07) is -0.747. The molecule has 12 atom stereocenters. The normalized spacial score (nSPS) is 38.1. The Balaban J connectivity index is 0.780. The van der Waals surface area contributed by atoms with Crippen LogP contribution in [0.4, 0.5) is 4.79 Å². The number of rotatable bonds is 21. The Labute approximate surface area is 401 Å². The summed E-state index contributed by atoms with van der Waals surface area (Å²) in [6.07, 6.45) is 9.50. The molecule has 4 aliphatic carbocycles. The van der Waals surface area contributed by atoms with E-state index >= 15 is 0 Å². The molecule has 21 heteroatoms. The van der Waals surface area contributed by atoms with Crippen LogP contribution in [0.1, 0.15) is 149 Å². The molecule has 378 valence electrons. The van der Waals surface area contributed by atoms with Crippen LogP contribution in [0.5, 0.6) is 0 Å². The summed E-state index contributed by atoms with van der Waals surface area (Å²) < 4.78 is 11.4. The lowest BCUT2D eigenvalue weighted by atomic mass is 9.37. The van der Waals surface area contributed by atoms with E-state index in [1.165, 1.54) is 11.0 Å². The zero-order valence-corrected chi connectivity index (χ0v) is 40.7. The van der Waals surface area contributed by atoms with Gasteiger partial charge in [0.15, 0.2) is 0 Å². The Bertz CT molecular complexity index is 2060. The quantitative estimate of drug-likeness (QED) is 0.0158. The van der Waals surface area contributed by atoms with Crippen molar-refractivity contribution in [2.45, 2.75) is 195 Å². The second-order valence-corrected chi connectivity index (χ2v) is 22.8. The molecule has 8 N–H and O–H groups in total. The Morgan fingerprint density at radius 1 is 1.00 bits per heavy atom. The summed E-state index contributed by atoms with van der Waals surface area (Å²) in [5.74, 6) is 4.16. The number of thioether (sulfide) groups is 1. The van der Waals surface area contributed by atoms with Crippen molar-refractivity contribution < 1.29 is 48.3 Å². The van der Waals surface area contributed by atoms with Crippen molar-refractivity contribution in [1.82, 2.24) is 15.2 Å². The molecule has 20 nitrogen and oxygen atoms in total. The van der Waals surface area contributed by atoms with E-state index in [0.717, 1.165) is 10.6 Å². The summed E-state index contributed by atoms with van der Waals surface area (Å²) in [5, 5.41) is 30.6. The maximum Gasteiger partial charge on any atom is 0.444 e. The van der Waals surface area contributed by atoms with Crippen LogP contribution >= 0.6 is 11.8 Å². The van der Waals surface area contributed by atoms with E-state index in [1.807, 2.05) is 13.8 Å². The molecule has 6 fully saturated rings. The molecule has 3 aliphatic heterocycles. The summed E-state index contributed by atoms with van der Waals surface area (Å²) in [7, 11) is 0. The largest absolute Gasteiger partial charge is 0.458 e. The maximum absolute atomic E-state index is 13.2. The number of cyclic esters (lactones) is 1. The number of nitrogens with two attached hydrogens (primary N) is 3. The minimum Gasteiger partial charge on any atom is -0.458 e. The fraction of sp³-hybridized carbons (Fsp3) is 0.830. The number of aliphatic hydroxyl groups excluding tert-OH is 1. The minimum absolute atomic E-state index is 0.0111. The van der Waals surface area contributed by atoms with Crippen LogP contribution in [-0.4, -0.2) is 127 Å². The van der Waals surface area contributed by atoms with Gasteiger partial charge in [-0.05, 0) is 120 Å². The number of ketones is 1. The second kappa shape index (κ2) is 20.1. The molecule has 0 bridgehead atoms. The SMILES string of the molecule is CC12NC(=O)N(C(=O)CCCCC(=O)CCCCCN(N)C(=O)CO[C@H]3CC[C@]4(C)C5C[C@@H](O)[C@]6(C)[C@@H](C7=CC(=O)OC7)CC[C@]6(N=O)[C@]5(N)CC[C@]4(N)C3)C1CS[C@H]2CCCCC(=O)[N+](=O)[O-]. The summed E-state index contributed by atoms with van der Waals surface area (Å²) >= 11 is 1.65. The molecule has 7 aliphatic rings. The van der Waals surface area contributed by atoms with E-state index in [4.69, 9.17) is 26.8 Å². The summed E-state index contributed by atoms with van der Waals surface area (Å²) in [6.45, 7) is 6.17. The molecule has 0 aromatic rings. The predicted molar refractivity (Wildman–Crippen MR) is 249 cm³/mol. The van der Waals surface area contributed by atoms with Gasteiger partial charge in [0.25, 0.3) is 5.91 Å². The number of carbonyl (C=O) groups is 6. The van der Waals surface area contributed by atoms with Crippen LogP contribution < -0.4 is 22.6 Å². The number of nitro groups is 1. The molecular weight excluding hydrogens is 901 g/mol. The van der Waals surface area contributed by atoms with E-state index in [1.54, 1.807) is 11.8 Å². The number of hydrogen-bond donors (Lipinski definition) is 5. The Kier molecular flexibility index (Phi) is 15.3. The van der Waals surface area contributed by atoms with Crippen LogP contribution in [0, 0.1) is 37.7 Å². The highest BCUT2D eigenvalue weighted by Crippen LogP contribution is 2.72. The van der Waals surface area contributed by atoms with Crippen molar-refractivity contribution in [3.8, 4) is 0 Å². The Hall–Kier alpha value is -3.89. The first kappa shape index (κ1) is 51.9. The zero-order valence-electron chi connectivity index (χ0n) is 39.9. The number of ether oxygens (including phenoxy) is 2. The van der Waals surface area contributed by atoms with Gasteiger partial charge in [0.1, 0.15) is 29.5 Å². The fourth-order valence-electron chi connectivity index (χ4n) is 14.0. The van der Waals surface area contributed by atoms with Gasteiger partial charge in [0.2, 0.25) is 5.91 Å². The first-order chi connectivity index (χ1) is 32.1. The number of esters is 1. The van der Waals surface area contributed by atoms with E-state index in [-0.39, 0.29) is 72.9 Å². The number of fused-ring (bicyclic) bond motifs is 6. The average Bonchev–Trinajstić information content (AvgIpc) is 4.02. The molecule has 5 amide bonds. The lowest BCUT2D eigenvalue weighted by molar-refractivity contribution is -0.402. The van der Waals surface area contributed by atoms with Crippen molar-refractivity contribution in [3.05, 3.63) is 26.7 Å². The second-order valence-electron chi connectivity index (χ2n) is 21.6. The number of Topliss-reactive ketones (excluding diaryl/α,β-unsaturated/α-hetero) is 1. The van der Waals surface area contributed by atoms with Crippen LogP contribution in [0.3, 0.4) is 0 Å². The lowest BCUT2D eigenvalue weighted by Crippen LogP contribution is -2.82. The van der Waals surface area contributed by atoms with Crippen LogP contribution in [0.15, 0.2) is 16.8 Å². The summed E-state index contributed by atoms with van der Waals surface area (Å²) in [5.41, 5.74) is 10.4. The number of nitrogens with zero attached hydrogens (tertiary/aromatic N) is 4. The molecular formula is C47H72N8O12S. The molecule has 68 heavy (non-hydrogen) atoms. The van der Waals surface area contributed by atoms with Crippen molar-refractivity contribution in [2.24, 2.45) is 45.2 Å². The average molecular weight is 973 g/mol. The smallest absolute Gasteiger partial charge is 0.444 e. The highest BCUT2D eigenvalue weighted by atomic mass is 32.2. The first-order valence-corrected chi connectivity index (χ1v) is 25.7. The third-order valence-electron chi connectivity index (χ3n) is 18.2. The Morgan fingerprint density at radius 3 is 2.40 bits per heavy atom. The number of aliphatic hydroxyl groups is 1. The third-order valence-corrected chi connectivity index (χ3v) is 19.9. The monoisotopic (exact) mass is 972 g/mol. The van der Waals surface area contributed by atoms with Gasteiger partial charge in [0.05, 0.1) is 30.2 Å². The molecule has 0 radical (unpaired) electrons. The number of unbranched alkanes of at least 4 members (excludes halogenated alkanes) is 4. The van der Waals surface area contributed by atoms with E-state index in [9.17, 15) is 48.9 Å². The van der Waals surface area contributed by atoms with Gasteiger partial charge in [-0.25, -0.2) is 20.2 Å².